The summed E-state index contributed by atoms with van der Waals surface area (Å²) in [5, 5.41) is 21.5. The highest BCUT2D eigenvalue weighted by Gasteiger charge is 2.04. The number of guanidine groups is 1. The van der Waals surface area contributed by atoms with Crippen molar-refractivity contribution in [3.8, 4) is 0 Å². The van der Waals surface area contributed by atoms with Crippen LogP contribution in [0.25, 0.3) is 0 Å². The van der Waals surface area contributed by atoms with E-state index in [0.29, 0.717) is 19.6 Å². The Hall–Kier alpha value is -2.68. The SMILES string of the molecule is CCNC(=NCCc1ncc(CC)s1)NCCNc1ccc([N+](=O)[O-])cc1. The van der Waals surface area contributed by atoms with Crippen LogP contribution in [0, 0.1) is 10.1 Å². The molecule has 146 valence electrons. The second kappa shape index (κ2) is 11.1. The van der Waals surface area contributed by atoms with Gasteiger partial charge in [-0.15, -0.1) is 11.3 Å². The molecule has 27 heavy (non-hydrogen) atoms. The summed E-state index contributed by atoms with van der Waals surface area (Å²) in [6, 6.07) is 6.39. The van der Waals surface area contributed by atoms with E-state index in [0.717, 1.165) is 36.0 Å². The number of benzene rings is 1. The molecule has 2 aromatic rings. The van der Waals surface area contributed by atoms with Gasteiger partial charge in [-0.3, -0.25) is 15.1 Å². The van der Waals surface area contributed by atoms with Crippen LogP contribution in [0.5, 0.6) is 0 Å². The summed E-state index contributed by atoms with van der Waals surface area (Å²) in [5.74, 6) is 0.773. The largest absolute Gasteiger partial charge is 0.383 e. The molecule has 0 aliphatic heterocycles. The molecule has 0 saturated heterocycles. The predicted molar refractivity (Wildman–Crippen MR) is 111 cm³/mol. The van der Waals surface area contributed by atoms with Gasteiger partial charge in [-0.2, -0.15) is 0 Å². The van der Waals surface area contributed by atoms with Crippen LogP contribution in [-0.4, -0.2) is 42.0 Å². The van der Waals surface area contributed by atoms with Crippen molar-refractivity contribution in [1.82, 2.24) is 15.6 Å². The first kappa shape index (κ1) is 20.6. The highest BCUT2D eigenvalue weighted by Crippen LogP contribution is 2.15. The van der Waals surface area contributed by atoms with E-state index in [-0.39, 0.29) is 5.69 Å². The van der Waals surface area contributed by atoms with Crippen molar-refractivity contribution in [2.24, 2.45) is 4.99 Å². The number of aromatic nitrogens is 1. The van der Waals surface area contributed by atoms with Gasteiger partial charge in [0, 0.05) is 61.5 Å². The van der Waals surface area contributed by atoms with E-state index in [1.807, 2.05) is 13.1 Å². The van der Waals surface area contributed by atoms with E-state index in [9.17, 15) is 10.1 Å². The lowest BCUT2D eigenvalue weighted by molar-refractivity contribution is -0.384. The molecule has 8 nitrogen and oxygen atoms in total. The molecule has 1 heterocycles. The van der Waals surface area contributed by atoms with Gasteiger partial charge in [0.1, 0.15) is 0 Å². The third-order valence-electron chi connectivity index (χ3n) is 3.71. The minimum atomic E-state index is -0.404. The van der Waals surface area contributed by atoms with Crippen molar-refractivity contribution in [2.45, 2.75) is 26.7 Å². The van der Waals surface area contributed by atoms with Crippen LogP contribution in [0.4, 0.5) is 11.4 Å². The number of thiazole rings is 1. The molecule has 0 fully saturated rings. The van der Waals surface area contributed by atoms with Gasteiger partial charge in [0.15, 0.2) is 5.96 Å². The summed E-state index contributed by atoms with van der Waals surface area (Å²) in [4.78, 5) is 20.5. The number of hydrogen-bond acceptors (Lipinski definition) is 6. The summed E-state index contributed by atoms with van der Waals surface area (Å²) in [7, 11) is 0. The van der Waals surface area contributed by atoms with Gasteiger partial charge in [0.2, 0.25) is 0 Å². The standard InChI is InChI=1S/C18H26N6O2S/c1-3-16-13-23-17(27-16)9-10-21-18(19-4-2)22-12-11-20-14-5-7-15(8-6-14)24(25)26/h5-8,13,20H,3-4,9-12H2,1-2H3,(H2,19,21,22). The molecule has 0 unspecified atom stereocenters. The summed E-state index contributed by atoms with van der Waals surface area (Å²) in [5.41, 5.74) is 0.936. The number of nitro groups is 1. The average molecular weight is 391 g/mol. The number of hydrogen-bond donors (Lipinski definition) is 3. The smallest absolute Gasteiger partial charge is 0.269 e. The van der Waals surface area contributed by atoms with E-state index in [4.69, 9.17) is 0 Å². The number of aryl methyl sites for hydroxylation is 1. The molecule has 2 rings (SSSR count). The fourth-order valence-electron chi connectivity index (χ4n) is 2.32. The molecule has 0 spiro atoms. The average Bonchev–Trinajstić information content (AvgIpc) is 3.13. The molecule has 0 radical (unpaired) electrons. The zero-order valence-corrected chi connectivity index (χ0v) is 16.5. The van der Waals surface area contributed by atoms with Crippen LogP contribution in [0.3, 0.4) is 0 Å². The molecule has 0 bridgehead atoms. The van der Waals surface area contributed by atoms with Crippen LogP contribution in [0.1, 0.15) is 23.7 Å². The molecule has 0 aliphatic rings. The predicted octanol–water partition coefficient (Wildman–Crippen LogP) is 2.82. The van der Waals surface area contributed by atoms with Gasteiger partial charge in [0.25, 0.3) is 5.69 Å². The monoisotopic (exact) mass is 390 g/mol. The normalized spacial score (nSPS) is 11.3. The fraction of sp³-hybridized carbons (Fsp3) is 0.444. The van der Waals surface area contributed by atoms with Crippen LogP contribution < -0.4 is 16.0 Å². The van der Waals surface area contributed by atoms with Crippen LogP contribution in [0.15, 0.2) is 35.5 Å². The van der Waals surface area contributed by atoms with E-state index < -0.39 is 4.92 Å². The fourth-order valence-corrected chi connectivity index (χ4v) is 3.17. The summed E-state index contributed by atoms with van der Waals surface area (Å²) in [6.07, 6.45) is 3.80. The third-order valence-corrected chi connectivity index (χ3v) is 4.92. The number of non-ortho nitro benzene ring substituents is 1. The molecule has 0 aliphatic carbocycles. The molecule has 0 atom stereocenters. The lowest BCUT2D eigenvalue weighted by Gasteiger charge is -2.12. The maximum absolute atomic E-state index is 10.7. The number of anilines is 1. The van der Waals surface area contributed by atoms with Crippen molar-refractivity contribution in [2.75, 3.05) is 31.5 Å². The first-order valence-corrected chi connectivity index (χ1v) is 9.88. The van der Waals surface area contributed by atoms with Crippen molar-refractivity contribution in [3.63, 3.8) is 0 Å². The summed E-state index contributed by atoms with van der Waals surface area (Å²) < 4.78 is 0. The Morgan fingerprint density at radius 3 is 2.63 bits per heavy atom. The summed E-state index contributed by atoms with van der Waals surface area (Å²) in [6.45, 7) is 6.99. The first-order valence-electron chi connectivity index (χ1n) is 9.06. The third kappa shape index (κ3) is 7.22. The van der Waals surface area contributed by atoms with Crippen LogP contribution >= 0.6 is 11.3 Å². The number of nitrogens with one attached hydrogen (secondary N) is 3. The number of nitro benzene ring substituents is 1. The summed E-state index contributed by atoms with van der Waals surface area (Å²) >= 11 is 1.75. The molecule has 0 amide bonds. The Balaban J connectivity index is 1.73. The molecular weight excluding hydrogens is 364 g/mol. The Labute approximate surface area is 163 Å². The lowest BCUT2D eigenvalue weighted by Crippen LogP contribution is -2.39. The number of rotatable bonds is 10. The Morgan fingerprint density at radius 1 is 1.22 bits per heavy atom. The van der Waals surface area contributed by atoms with Crippen LogP contribution in [-0.2, 0) is 12.8 Å². The van der Waals surface area contributed by atoms with Gasteiger partial charge in [-0.05, 0) is 25.5 Å². The molecule has 9 heteroatoms. The quantitative estimate of drug-likeness (QED) is 0.189. The minimum Gasteiger partial charge on any atom is -0.383 e. The number of nitrogens with zero attached hydrogens (tertiary/aromatic N) is 3. The van der Waals surface area contributed by atoms with Crippen molar-refractivity contribution < 1.29 is 4.92 Å². The molecule has 1 aromatic carbocycles. The zero-order valence-electron chi connectivity index (χ0n) is 15.7. The van der Waals surface area contributed by atoms with Gasteiger partial charge < -0.3 is 16.0 Å². The maximum Gasteiger partial charge on any atom is 0.269 e. The van der Waals surface area contributed by atoms with E-state index >= 15 is 0 Å². The highest BCUT2D eigenvalue weighted by atomic mass is 32.1. The Kier molecular flexibility index (Phi) is 8.50. The Bertz CT molecular complexity index is 745. The Morgan fingerprint density at radius 2 is 2.00 bits per heavy atom. The molecule has 0 saturated carbocycles. The van der Waals surface area contributed by atoms with Crippen molar-refractivity contribution in [1.29, 1.82) is 0 Å². The van der Waals surface area contributed by atoms with Gasteiger partial charge in [0.05, 0.1) is 9.93 Å². The minimum absolute atomic E-state index is 0.0894. The van der Waals surface area contributed by atoms with E-state index in [1.165, 1.54) is 17.0 Å². The lowest BCUT2D eigenvalue weighted by atomic mass is 10.3. The van der Waals surface area contributed by atoms with Crippen molar-refractivity contribution >= 4 is 28.7 Å². The molecule has 3 N–H and O–H groups in total. The number of aliphatic imine (C=N–C) groups is 1. The first-order chi connectivity index (χ1) is 13.1. The van der Waals surface area contributed by atoms with Gasteiger partial charge in [-0.25, -0.2) is 4.98 Å². The van der Waals surface area contributed by atoms with Crippen molar-refractivity contribution in [3.05, 3.63) is 50.5 Å². The van der Waals surface area contributed by atoms with E-state index in [1.54, 1.807) is 23.5 Å². The van der Waals surface area contributed by atoms with Gasteiger partial charge in [-0.1, -0.05) is 6.92 Å². The zero-order chi connectivity index (χ0) is 19.5. The van der Waals surface area contributed by atoms with E-state index in [2.05, 4.69) is 32.9 Å². The second-order valence-electron chi connectivity index (χ2n) is 5.74. The second-order valence-corrected chi connectivity index (χ2v) is 6.94. The maximum atomic E-state index is 10.7. The topological polar surface area (TPSA) is 104 Å². The highest BCUT2D eigenvalue weighted by molar-refractivity contribution is 7.11. The van der Waals surface area contributed by atoms with Gasteiger partial charge >= 0.3 is 0 Å². The molecule has 1 aromatic heterocycles. The van der Waals surface area contributed by atoms with Crippen LogP contribution in [0.2, 0.25) is 0 Å². The molecular formula is C18H26N6O2S.